The molecule has 0 radical (unpaired) electrons. The van der Waals surface area contributed by atoms with Gasteiger partial charge in [0.05, 0.1) is 34.9 Å². The summed E-state index contributed by atoms with van der Waals surface area (Å²) in [6, 6.07) is 9.36. The van der Waals surface area contributed by atoms with Gasteiger partial charge in [-0.3, -0.25) is 24.7 Å². The highest BCUT2D eigenvalue weighted by Crippen LogP contribution is 2.41. The number of carbonyl (C=O) groups excluding carboxylic acids is 3. The van der Waals surface area contributed by atoms with Gasteiger partial charge in [0.2, 0.25) is 0 Å². The second kappa shape index (κ2) is 7.87. The van der Waals surface area contributed by atoms with Crippen LogP contribution < -0.4 is 10.2 Å². The molecule has 0 spiro atoms. The van der Waals surface area contributed by atoms with E-state index in [1.807, 2.05) is 30.0 Å². The molecule has 0 fully saturated rings. The van der Waals surface area contributed by atoms with Crippen molar-refractivity contribution >= 4 is 45.5 Å². The number of rotatable bonds is 5. The minimum Gasteiger partial charge on any atom is -0.464 e. The third-order valence-corrected chi connectivity index (χ3v) is 6.63. The Balaban J connectivity index is 1.56. The molecule has 3 aromatic rings. The van der Waals surface area contributed by atoms with E-state index >= 15 is 0 Å². The van der Waals surface area contributed by atoms with Crippen molar-refractivity contribution in [2.45, 2.75) is 32.2 Å². The average Bonchev–Trinajstić information content (AvgIpc) is 3.48. The third kappa shape index (κ3) is 3.17. The van der Waals surface area contributed by atoms with E-state index in [4.69, 9.17) is 4.42 Å². The number of hydrogen-bond donors (Lipinski definition) is 1. The molecular weight excluding hydrogens is 449 g/mol. The number of amides is 2. The summed E-state index contributed by atoms with van der Waals surface area (Å²) in [5, 5.41) is 2.81. The summed E-state index contributed by atoms with van der Waals surface area (Å²) in [6.07, 6.45) is 6.45. The van der Waals surface area contributed by atoms with E-state index < -0.39 is 17.6 Å². The first kappa shape index (κ1) is 21.2. The van der Waals surface area contributed by atoms with Gasteiger partial charge in [0.1, 0.15) is 11.4 Å². The van der Waals surface area contributed by atoms with Crippen LogP contribution >= 0.6 is 0 Å². The summed E-state index contributed by atoms with van der Waals surface area (Å²) >= 11 is 0. The van der Waals surface area contributed by atoms with Crippen LogP contribution in [0.25, 0.3) is 16.5 Å². The van der Waals surface area contributed by atoms with Crippen LogP contribution in [-0.4, -0.2) is 29.4 Å². The number of nitrogens with zero attached hydrogens (tertiary/aromatic N) is 2. The van der Waals surface area contributed by atoms with Crippen LogP contribution in [0.5, 0.6) is 0 Å². The number of nitrogens with one attached hydrogen (secondary N) is 1. The Kier molecular flexibility index (Phi) is 4.77. The van der Waals surface area contributed by atoms with Crippen molar-refractivity contribution in [3.8, 4) is 0 Å². The van der Waals surface area contributed by atoms with Crippen molar-refractivity contribution < 1.29 is 23.2 Å². The van der Waals surface area contributed by atoms with E-state index in [1.54, 1.807) is 12.3 Å². The van der Waals surface area contributed by atoms with E-state index in [9.17, 15) is 18.8 Å². The fraction of sp³-hybridized carbons (Fsp3) is 0.185. The molecule has 0 bridgehead atoms. The third-order valence-electron chi connectivity index (χ3n) is 6.63. The molecule has 8 heteroatoms. The minimum atomic E-state index is -0.648. The number of hydrogen-bond acceptors (Lipinski definition) is 6. The van der Waals surface area contributed by atoms with Gasteiger partial charge in [-0.25, -0.2) is 4.39 Å². The summed E-state index contributed by atoms with van der Waals surface area (Å²) in [6.45, 7) is 1.97. The SMILES string of the molecule is CCCC(=O)C1Cc2cccc3c2N1C=CN=C3C1=C(c2cc(F)cc3ccoc23)C(=O)NC1=O. The van der Waals surface area contributed by atoms with Gasteiger partial charge in [-0.15, -0.1) is 0 Å². The predicted molar refractivity (Wildman–Crippen MR) is 128 cm³/mol. The lowest BCUT2D eigenvalue weighted by atomic mass is 9.92. The monoisotopic (exact) mass is 469 g/mol. The second-order valence-corrected chi connectivity index (χ2v) is 8.76. The number of anilines is 1. The summed E-state index contributed by atoms with van der Waals surface area (Å²) in [4.78, 5) is 45.4. The fourth-order valence-electron chi connectivity index (χ4n) is 5.19. The number of Topliss-reactive ketones (excluding diaryl/α,β-unsaturated/α-hetero) is 1. The summed E-state index contributed by atoms with van der Waals surface area (Å²) in [7, 11) is 0. The number of fused-ring (bicyclic) bond motifs is 1. The van der Waals surface area contributed by atoms with Crippen molar-refractivity contribution in [1.29, 1.82) is 0 Å². The molecule has 2 amide bonds. The highest BCUT2D eigenvalue weighted by molar-refractivity contribution is 6.48. The maximum atomic E-state index is 14.5. The zero-order chi connectivity index (χ0) is 24.3. The molecule has 7 nitrogen and oxygen atoms in total. The molecule has 35 heavy (non-hydrogen) atoms. The average molecular weight is 469 g/mol. The van der Waals surface area contributed by atoms with Gasteiger partial charge in [0.25, 0.3) is 11.8 Å². The number of aliphatic imine (C=N–C) groups is 1. The van der Waals surface area contributed by atoms with Gasteiger partial charge in [0, 0.05) is 41.8 Å². The molecule has 2 aromatic carbocycles. The van der Waals surface area contributed by atoms with Gasteiger partial charge in [-0.1, -0.05) is 25.1 Å². The first-order valence-corrected chi connectivity index (χ1v) is 11.4. The molecule has 6 rings (SSSR count). The molecule has 1 N–H and O–H groups in total. The highest BCUT2D eigenvalue weighted by atomic mass is 19.1. The second-order valence-electron chi connectivity index (χ2n) is 8.76. The normalized spacial score (nSPS) is 18.7. The number of carbonyl (C=O) groups is 3. The summed E-state index contributed by atoms with van der Waals surface area (Å²) in [5.74, 6) is -1.69. The lowest BCUT2D eigenvalue weighted by Gasteiger charge is -2.23. The summed E-state index contributed by atoms with van der Waals surface area (Å²) in [5.41, 5.74) is 3.19. The van der Waals surface area contributed by atoms with E-state index in [2.05, 4.69) is 10.3 Å². The number of imide groups is 1. The Morgan fingerprint density at radius 1 is 1.17 bits per heavy atom. The van der Waals surface area contributed by atoms with E-state index in [1.165, 1.54) is 24.6 Å². The molecule has 1 aromatic heterocycles. The first-order chi connectivity index (χ1) is 17.0. The van der Waals surface area contributed by atoms with Crippen LogP contribution in [0, 0.1) is 5.82 Å². The fourth-order valence-corrected chi connectivity index (χ4v) is 5.19. The van der Waals surface area contributed by atoms with E-state index in [0.29, 0.717) is 29.4 Å². The van der Waals surface area contributed by atoms with Crippen molar-refractivity contribution in [3.05, 3.63) is 83.1 Å². The molecule has 0 aliphatic carbocycles. The van der Waals surface area contributed by atoms with Crippen molar-refractivity contribution in [2.75, 3.05) is 4.90 Å². The van der Waals surface area contributed by atoms with Gasteiger partial charge in [-0.05, 0) is 30.2 Å². The molecular formula is C27H20FN3O4. The van der Waals surface area contributed by atoms with Crippen LogP contribution in [0.15, 0.2) is 70.0 Å². The van der Waals surface area contributed by atoms with Crippen molar-refractivity contribution in [2.24, 2.45) is 4.99 Å². The number of furan rings is 1. The van der Waals surface area contributed by atoms with Gasteiger partial charge in [-0.2, -0.15) is 0 Å². The molecule has 1 atom stereocenters. The first-order valence-electron chi connectivity index (χ1n) is 11.4. The van der Waals surface area contributed by atoms with Gasteiger partial charge < -0.3 is 9.32 Å². The Hall–Kier alpha value is -4.33. The molecule has 1 unspecified atom stereocenters. The van der Waals surface area contributed by atoms with Crippen LogP contribution in [0.3, 0.4) is 0 Å². The van der Waals surface area contributed by atoms with Crippen LogP contribution in [-0.2, 0) is 20.8 Å². The zero-order valence-corrected chi connectivity index (χ0v) is 18.8. The largest absolute Gasteiger partial charge is 0.464 e. The molecule has 4 heterocycles. The molecule has 0 saturated carbocycles. The number of benzene rings is 2. The Morgan fingerprint density at radius 2 is 2.00 bits per heavy atom. The Morgan fingerprint density at radius 3 is 2.83 bits per heavy atom. The van der Waals surface area contributed by atoms with Crippen LogP contribution in [0.2, 0.25) is 0 Å². The molecule has 3 aliphatic rings. The molecule has 3 aliphatic heterocycles. The molecule has 174 valence electrons. The van der Waals surface area contributed by atoms with Crippen molar-refractivity contribution in [3.63, 3.8) is 0 Å². The number of para-hydroxylation sites is 1. The minimum absolute atomic E-state index is 0.00394. The van der Waals surface area contributed by atoms with Crippen LogP contribution in [0.1, 0.15) is 36.5 Å². The quantitative estimate of drug-likeness (QED) is 0.569. The van der Waals surface area contributed by atoms with E-state index in [-0.39, 0.29) is 34.2 Å². The summed E-state index contributed by atoms with van der Waals surface area (Å²) < 4.78 is 20.0. The lowest BCUT2D eigenvalue weighted by molar-refractivity contribution is -0.123. The highest BCUT2D eigenvalue weighted by Gasteiger charge is 2.40. The maximum Gasteiger partial charge on any atom is 0.261 e. The standard InChI is InChI=1S/C27H20FN3O4/c1-2-4-20(32)19-12-14-5-3-6-17-23(29-8-9-31(19)24(14)17)22-21(26(33)30-27(22)34)18-13-16(28)11-15-7-10-35-25(15)18/h3,5-11,13,19H,2,4,12H2,1H3,(H,30,33,34). The van der Waals surface area contributed by atoms with Crippen LogP contribution in [0.4, 0.5) is 10.1 Å². The maximum absolute atomic E-state index is 14.5. The smallest absolute Gasteiger partial charge is 0.261 e. The zero-order valence-electron chi connectivity index (χ0n) is 18.8. The number of halogens is 1. The Bertz CT molecular complexity index is 1540. The molecule has 0 saturated heterocycles. The van der Waals surface area contributed by atoms with Gasteiger partial charge >= 0.3 is 0 Å². The number of ketones is 1. The predicted octanol–water partition coefficient (Wildman–Crippen LogP) is 4.06. The van der Waals surface area contributed by atoms with E-state index in [0.717, 1.165) is 17.7 Å². The van der Waals surface area contributed by atoms with Gasteiger partial charge in [0.15, 0.2) is 5.78 Å². The Labute approximate surface area is 199 Å². The lowest BCUT2D eigenvalue weighted by Crippen LogP contribution is -2.35. The topological polar surface area (TPSA) is 92.0 Å². The van der Waals surface area contributed by atoms with Crippen molar-refractivity contribution in [1.82, 2.24) is 5.32 Å².